The molecule has 2 aromatic rings. The number of carbonyl (C=O) groups is 1. The van der Waals surface area contributed by atoms with Crippen LogP contribution in [0.4, 0.5) is 0 Å². The highest BCUT2D eigenvalue weighted by molar-refractivity contribution is 7.98. The second-order valence-electron chi connectivity index (χ2n) is 6.14. The van der Waals surface area contributed by atoms with E-state index in [4.69, 9.17) is 4.74 Å². The lowest BCUT2D eigenvalue weighted by Gasteiger charge is -2.32. The molecule has 1 amide bonds. The SMILES string of the molecule is COc1cc(SC)ccc1C(=O)N1CC[NH+](Cc2ccncc2)CC1. The van der Waals surface area contributed by atoms with E-state index in [0.717, 1.165) is 37.6 Å². The lowest BCUT2D eigenvalue weighted by atomic mass is 10.1. The molecule has 6 heteroatoms. The van der Waals surface area contributed by atoms with Gasteiger partial charge < -0.3 is 14.5 Å². The number of hydrogen-bond acceptors (Lipinski definition) is 4. The average molecular weight is 358 g/mol. The highest BCUT2D eigenvalue weighted by Gasteiger charge is 2.26. The zero-order valence-electron chi connectivity index (χ0n) is 14.7. The van der Waals surface area contributed by atoms with E-state index in [1.54, 1.807) is 18.9 Å². The second kappa shape index (κ2) is 8.36. The van der Waals surface area contributed by atoms with Gasteiger partial charge in [-0.2, -0.15) is 0 Å². The molecular formula is C19H24N3O2S+. The van der Waals surface area contributed by atoms with E-state index < -0.39 is 0 Å². The van der Waals surface area contributed by atoms with E-state index in [1.165, 1.54) is 10.5 Å². The molecule has 0 aliphatic carbocycles. The lowest BCUT2D eigenvalue weighted by molar-refractivity contribution is -0.917. The van der Waals surface area contributed by atoms with Gasteiger partial charge in [0.25, 0.3) is 5.91 Å². The van der Waals surface area contributed by atoms with Gasteiger partial charge in [-0.1, -0.05) is 0 Å². The summed E-state index contributed by atoms with van der Waals surface area (Å²) in [6.07, 6.45) is 5.68. The van der Waals surface area contributed by atoms with Crippen LogP contribution in [0.2, 0.25) is 0 Å². The van der Waals surface area contributed by atoms with Gasteiger partial charge in [0, 0.05) is 22.9 Å². The van der Waals surface area contributed by atoms with Gasteiger partial charge in [-0.25, -0.2) is 0 Å². The molecule has 1 aromatic heterocycles. The summed E-state index contributed by atoms with van der Waals surface area (Å²) < 4.78 is 5.43. The number of carbonyl (C=O) groups excluding carboxylic acids is 1. The number of ether oxygens (including phenoxy) is 1. The molecule has 0 unspecified atom stereocenters. The fourth-order valence-corrected chi connectivity index (χ4v) is 3.57. The number of benzene rings is 1. The van der Waals surface area contributed by atoms with Crippen molar-refractivity contribution in [2.45, 2.75) is 11.4 Å². The van der Waals surface area contributed by atoms with Crippen LogP contribution in [-0.2, 0) is 6.54 Å². The first-order valence-electron chi connectivity index (χ1n) is 8.45. The van der Waals surface area contributed by atoms with Crippen LogP contribution in [0.3, 0.4) is 0 Å². The van der Waals surface area contributed by atoms with Crippen molar-refractivity contribution in [2.24, 2.45) is 0 Å². The van der Waals surface area contributed by atoms with Crippen molar-refractivity contribution in [3.05, 3.63) is 53.9 Å². The zero-order valence-corrected chi connectivity index (χ0v) is 15.5. The Balaban J connectivity index is 1.62. The van der Waals surface area contributed by atoms with Gasteiger partial charge in [0.05, 0.1) is 38.9 Å². The topological polar surface area (TPSA) is 46.9 Å². The summed E-state index contributed by atoms with van der Waals surface area (Å²) in [5, 5.41) is 0. The van der Waals surface area contributed by atoms with Crippen molar-refractivity contribution in [2.75, 3.05) is 39.5 Å². The summed E-state index contributed by atoms with van der Waals surface area (Å²) in [6.45, 7) is 4.44. The molecule has 1 aliphatic rings. The maximum absolute atomic E-state index is 12.9. The number of hydrogen-bond donors (Lipinski definition) is 1. The summed E-state index contributed by atoms with van der Waals surface area (Å²) in [5.41, 5.74) is 1.94. The predicted molar refractivity (Wildman–Crippen MR) is 99.3 cm³/mol. The maximum Gasteiger partial charge on any atom is 0.258 e. The Morgan fingerprint density at radius 2 is 1.96 bits per heavy atom. The Morgan fingerprint density at radius 1 is 1.24 bits per heavy atom. The fourth-order valence-electron chi connectivity index (χ4n) is 3.14. The van der Waals surface area contributed by atoms with Gasteiger partial charge in [0.2, 0.25) is 0 Å². The Morgan fingerprint density at radius 3 is 2.60 bits per heavy atom. The molecule has 3 rings (SSSR count). The first-order chi connectivity index (χ1) is 12.2. The first kappa shape index (κ1) is 17.8. The van der Waals surface area contributed by atoms with Gasteiger partial charge in [-0.05, 0) is 36.6 Å². The van der Waals surface area contributed by atoms with E-state index in [9.17, 15) is 4.79 Å². The van der Waals surface area contributed by atoms with Crippen molar-refractivity contribution < 1.29 is 14.4 Å². The molecule has 0 radical (unpaired) electrons. The van der Waals surface area contributed by atoms with Crippen LogP contribution in [0.1, 0.15) is 15.9 Å². The average Bonchev–Trinajstić information content (AvgIpc) is 2.68. The molecule has 0 spiro atoms. The summed E-state index contributed by atoms with van der Waals surface area (Å²) >= 11 is 1.64. The monoisotopic (exact) mass is 358 g/mol. The van der Waals surface area contributed by atoms with Crippen molar-refractivity contribution in [3.8, 4) is 5.75 Å². The van der Waals surface area contributed by atoms with Crippen LogP contribution in [-0.4, -0.2) is 55.3 Å². The third-order valence-electron chi connectivity index (χ3n) is 4.60. The Hall–Kier alpha value is -2.05. The van der Waals surface area contributed by atoms with Gasteiger partial charge in [0.1, 0.15) is 12.3 Å². The standard InChI is InChI=1S/C19H23N3O2S/c1-24-18-13-16(25-2)3-4-17(18)19(23)22-11-9-21(10-12-22)14-15-5-7-20-8-6-15/h3-8,13H,9-12,14H2,1-2H3/p+1. The summed E-state index contributed by atoms with van der Waals surface area (Å²) in [4.78, 5) is 21.5. The molecule has 5 nitrogen and oxygen atoms in total. The number of nitrogens with one attached hydrogen (secondary N) is 1. The number of pyridine rings is 1. The minimum absolute atomic E-state index is 0.0625. The summed E-state index contributed by atoms with van der Waals surface area (Å²) in [6, 6.07) is 9.91. The maximum atomic E-state index is 12.9. The number of quaternary nitrogens is 1. The molecule has 1 aliphatic heterocycles. The molecule has 1 N–H and O–H groups in total. The van der Waals surface area contributed by atoms with E-state index in [0.29, 0.717) is 11.3 Å². The molecule has 1 aromatic carbocycles. The normalized spacial score (nSPS) is 15.2. The van der Waals surface area contributed by atoms with Crippen LogP contribution >= 0.6 is 11.8 Å². The quantitative estimate of drug-likeness (QED) is 0.820. The molecule has 2 heterocycles. The number of piperazine rings is 1. The molecule has 0 saturated carbocycles. The van der Waals surface area contributed by atoms with Crippen molar-refractivity contribution in [1.82, 2.24) is 9.88 Å². The van der Waals surface area contributed by atoms with Crippen LogP contribution in [0.5, 0.6) is 5.75 Å². The largest absolute Gasteiger partial charge is 0.496 e. The molecule has 0 atom stereocenters. The number of nitrogens with zero attached hydrogens (tertiary/aromatic N) is 2. The van der Waals surface area contributed by atoms with Crippen LogP contribution in [0.15, 0.2) is 47.6 Å². The Bertz CT molecular complexity index is 716. The van der Waals surface area contributed by atoms with Gasteiger partial charge in [-0.15, -0.1) is 11.8 Å². The number of amides is 1. The molecule has 0 bridgehead atoms. The van der Waals surface area contributed by atoms with Crippen LogP contribution < -0.4 is 9.64 Å². The minimum atomic E-state index is 0.0625. The van der Waals surface area contributed by atoms with Crippen molar-refractivity contribution in [3.63, 3.8) is 0 Å². The van der Waals surface area contributed by atoms with Gasteiger partial charge in [0.15, 0.2) is 0 Å². The molecule has 132 valence electrons. The van der Waals surface area contributed by atoms with Crippen LogP contribution in [0.25, 0.3) is 0 Å². The summed E-state index contributed by atoms with van der Waals surface area (Å²) in [7, 11) is 1.62. The van der Waals surface area contributed by atoms with E-state index in [-0.39, 0.29) is 5.91 Å². The predicted octanol–water partition coefficient (Wildman–Crippen LogP) is 1.35. The highest BCUT2D eigenvalue weighted by Crippen LogP contribution is 2.26. The molecular weight excluding hydrogens is 334 g/mol. The highest BCUT2D eigenvalue weighted by atomic mass is 32.2. The molecule has 1 saturated heterocycles. The van der Waals surface area contributed by atoms with Gasteiger partial charge >= 0.3 is 0 Å². The third kappa shape index (κ3) is 4.32. The Kier molecular flexibility index (Phi) is 5.94. The number of methoxy groups -OCH3 is 1. The Labute approximate surface area is 153 Å². The first-order valence-corrected chi connectivity index (χ1v) is 9.67. The minimum Gasteiger partial charge on any atom is -0.496 e. The van der Waals surface area contributed by atoms with Crippen LogP contribution in [0, 0.1) is 0 Å². The third-order valence-corrected chi connectivity index (χ3v) is 5.33. The zero-order chi connectivity index (χ0) is 17.6. The molecule has 25 heavy (non-hydrogen) atoms. The summed E-state index contributed by atoms with van der Waals surface area (Å²) in [5.74, 6) is 0.718. The number of rotatable bonds is 5. The smallest absolute Gasteiger partial charge is 0.258 e. The van der Waals surface area contributed by atoms with E-state index in [2.05, 4.69) is 17.1 Å². The number of thioether (sulfide) groups is 1. The lowest BCUT2D eigenvalue weighted by Crippen LogP contribution is -3.13. The van der Waals surface area contributed by atoms with E-state index >= 15 is 0 Å². The van der Waals surface area contributed by atoms with Crippen molar-refractivity contribution in [1.29, 1.82) is 0 Å². The number of aromatic nitrogens is 1. The van der Waals surface area contributed by atoms with Gasteiger partial charge in [-0.3, -0.25) is 9.78 Å². The van der Waals surface area contributed by atoms with E-state index in [1.807, 2.05) is 41.7 Å². The second-order valence-corrected chi connectivity index (χ2v) is 7.02. The fraction of sp³-hybridized carbons (Fsp3) is 0.368. The van der Waals surface area contributed by atoms with Crippen molar-refractivity contribution >= 4 is 17.7 Å². The molecule has 1 fully saturated rings.